The third-order valence-electron chi connectivity index (χ3n) is 3.13. The quantitative estimate of drug-likeness (QED) is 0.860. The fraction of sp³-hybridized carbons (Fsp3) is 0.333. The summed E-state index contributed by atoms with van der Waals surface area (Å²) in [5, 5.41) is 16.5. The van der Waals surface area contributed by atoms with Crippen LogP contribution >= 0.6 is 11.6 Å². The van der Waals surface area contributed by atoms with Gasteiger partial charge < -0.3 is 10.4 Å². The molecule has 0 aliphatic rings. The number of aromatic nitrogens is 2. The lowest BCUT2D eigenvalue weighted by molar-refractivity contribution is 0.0940. The van der Waals surface area contributed by atoms with E-state index in [1.54, 1.807) is 29.1 Å². The van der Waals surface area contributed by atoms with Crippen LogP contribution in [0.5, 0.6) is 0 Å². The van der Waals surface area contributed by atoms with Gasteiger partial charge in [-0.1, -0.05) is 24.6 Å². The van der Waals surface area contributed by atoms with E-state index in [0.29, 0.717) is 23.7 Å². The highest BCUT2D eigenvalue weighted by molar-refractivity contribution is 6.30. The summed E-state index contributed by atoms with van der Waals surface area (Å²) in [6.45, 7) is 2.62. The largest absolute Gasteiger partial charge is 0.396 e. The second-order valence-corrected chi connectivity index (χ2v) is 5.39. The molecule has 0 saturated carbocycles. The number of hydrogen-bond donors (Lipinski definition) is 2. The van der Waals surface area contributed by atoms with E-state index >= 15 is 0 Å². The van der Waals surface area contributed by atoms with Crippen molar-refractivity contribution < 1.29 is 9.90 Å². The van der Waals surface area contributed by atoms with Crippen LogP contribution < -0.4 is 5.32 Å². The molecule has 1 unspecified atom stereocenters. The Labute approximate surface area is 128 Å². The topological polar surface area (TPSA) is 67.2 Å². The molecule has 0 radical (unpaired) electrons. The number of rotatable bonds is 6. The fourth-order valence-electron chi connectivity index (χ4n) is 1.89. The van der Waals surface area contributed by atoms with Crippen molar-refractivity contribution in [3.05, 3.63) is 47.2 Å². The van der Waals surface area contributed by atoms with Crippen LogP contribution in [-0.4, -0.2) is 33.9 Å². The van der Waals surface area contributed by atoms with Crippen molar-refractivity contribution in [3.63, 3.8) is 0 Å². The van der Waals surface area contributed by atoms with E-state index in [2.05, 4.69) is 10.4 Å². The van der Waals surface area contributed by atoms with Gasteiger partial charge >= 0.3 is 0 Å². The second kappa shape index (κ2) is 7.24. The van der Waals surface area contributed by atoms with Gasteiger partial charge in [-0.2, -0.15) is 5.10 Å². The highest BCUT2D eigenvalue weighted by atomic mass is 35.5. The molecule has 5 nitrogen and oxygen atoms in total. The summed E-state index contributed by atoms with van der Waals surface area (Å²) in [6.07, 6.45) is 2.38. The van der Waals surface area contributed by atoms with Crippen LogP contribution in [0.1, 0.15) is 23.8 Å². The Balaban J connectivity index is 2.01. The lowest BCUT2D eigenvalue weighted by Crippen LogP contribution is -2.29. The standard InChI is InChI=1S/C15H18ClN3O2/c1-11(6-8-20)10-17-15(21)14-5-7-19(18-14)13-4-2-3-12(16)9-13/h2-5,7,9,11,20H,6,8,10H2,1H3,(H,17,21). The Morgan fingerprint density at radius 2 is 2.29 bits per heavy atom. The molecule has 0 spiro atoms. The van der Waals surface area contributed by atoms with Crippen molar-refractivity contribution in [3.8, 4) is 5.69 Å². The molecule has 1 heterocycles. The van der Waals surface area contributed by atoms with E-state index in [1.165, 1.54) is 0 Å². The third-order valence-corrected chi connectivity index (χ3v) is 3.36. The van der Waals surface area contributed by atoms with Gasteiger partial charge in [-0.15, -0.1) is 0 Å². The van der Waals surface area contributed by atoms with Crippen molar-refractivity contribution in [2.45, 2.75) is 13.3 Å². The van der Waals surface area contributed by atoms with Gasteiger partial charge in [0.25, 0.3) is 5.91 Å². The van der Waals surface area contributed by atoms with Crippen LogP contribution in [0.2, 0.25) is 5.02 Å². The highest BCUT2D eigenvalue weighted by Crippen LogP contribution is 2.14. The zero-order valence-corrected chi connectivity index (χ0v) is 12.5. The molecule has 0 bridgehead atoms. The van der Waals surface area contributed by atoms with Gasteiger partial charge in [0.15, 0.2) is 5.69 Å². The minimum atomic E-state index is -0.222. The maximum atomic E-state index is 12.0. The van der Waals surface area contributed by atoms with Gasteiger partial charge in [-0.25, -0.2) is 4.68 Å². The average molecular weight is 308 g/mol. The summed E-state index contributed by atoms with van der Waals surface area (Å²) in [4.78, 5) is 12.0. The van der Waals surface area contributed by atoms with E-state index in [9.17, 15) is 4.79 Å². The first-order chi connectivity index (χ1) is 10.1. The van der Waals surface area contributed by atoms with Crippen LogP contribution in [0.25, 0.3) is 5.69 Å². The summed E-state index contributed by atoms with van der Waals surface area (Å²) in [5.74, 6) is 0.00883. The van der Waals surface area contributed by atoms with Crippen molar-refractivity contribution in [2.24, 2.45) is 5.92 Å². The molecule has 2 aromatic rings. The van der Waals surface area contributed by atoms with Crippen molar-refractivity contribution in [1.82, 2.24) is 15.1 Å². The first-order valence-electron chi connectivity index (χ1n) is 6.81. The molecule has 2 N–H and O–H groups in total. The van der Waals surface area contributed by atoms with Crippen LogP contribution in [0, 0.1) is 5.92 Å². The number of aliphatic hydroxyl groups is 1. The van der Waals surface area contributed by atoms with Gasteiger partial charge in [0, 0.05) is 24.4 Å². The van der Waals surface area contributed by atoms with E-state index < -0.39 is 0 Å². The third kappa shape index (κ3) is 4.31. The monoisotopic (exact) mass is 307 g/mol. The fourth-order valence-corrected chi connectivity index (χ4v) is 2.07. The zero-order chi connectivity index (χ0) is 15.2. The van der Waals surface area contributed by atoms with Gasteiger partial charge in [0.05, 0.1) is 5.69 Å². The van der Waals surface area contributed by atoms with Crippen molar-refractivity contribution >= 4 is 17.5 Å². The van der Waals surface area contributed by atoms with Crippen LogP contribution in [0.4, 0.5) is 0 Å². The van der Waals surface area contributed by atoms with Gasteiger partial charge in [0.1, 0.15) is 0 Å². The minimum absolute atomic E-state index is 0.125. The average Bonchev–Trinajstić information content (AvgIpc) is 2.95. The Morgan fingerprint density at radius 1 is 1.48 bits per heavy atom. The minimum Gasteiger partial charge on any atom is -0.396 e. The molecule has 1 aromatic heterocycles. The highest BCUT2D eigenvalue weighted by Gasteiger charge is 2.11. The Bertz CT molecular complexity index is 612. The van der Waals surface area contributed by atoms with E-state index in [1.807, 2.05) is 19.1 Å². The number of carbonyl (C=O) groups excluding carboxylic acids is 1. The number of nitrogens with zero attached hydrogens (tertiary/aromatic N) is 2. The molecule has 2 rings (SSSR count). The Kier molecular flexibility index (Phi) is 5.36. The Morgan fingerprint density at radius 3 is 3.00 bits per heavy atom. The molecule has 0 aliphatic carbocycles. The number of carbonyl (C=O) groups is 1. The van der Waals surface area contributed by atoms with E-state index in [-0.39, 0.29) is 18.4 Å². The summed E-state index contributed by atoms with van der Waals surface area (Å²) in [7, 11) is 0. The molecular weight excluding hydrogens is 290 g/mol. The normalized spacial score (nSPS) is 12.1. The SMILES string of the molecule is CC(CCO)CNC(=O)c1ccn(-c2cccc(Cl)c2)n1. The summed E-state index contributed by atoms with van der Waals surface area (Å²) in [6, 6.07) is 8.91. The number of nitrogens with one attached hydrogen (secondary N) is 1. The predicted molar refractivity (Wildman–Crippen MR) is 81.8 cm³/mol. The zero-order valence-electron chi connectivity index (χ0n) is 11.8. The molecule has 1 atom stereocenters. The summed E-state index contributed by atoms with van der Waals surface area (Å²) < 4.78 is 1.61. The first kappa shape index (κ1) is 15.5. The van der Waals surface area contributed by atoms with Crippen LogP contribution in [0.15, 0.2) is 36.5 Å². The lowest BCUT2D eigenvalue weighted by Gasteiger charge is -2.09. The molecule has 0 saturated heterocycles. The second-order valence-electron chi connectivity index (χ2n) is 4.95. The maximum absolute atomic E-state index is 12.0. The summed E-state index contributed by atoms with van der Waals surface area (Å²) >= 11 is 5.94. The van der Waals surface area contributed by atoms with Crippen molar-refractivity contribution in [2.75, 3.05) is 13.2 Å². The van der Waals surface area contributed by atoms with Gasteiger partial charge in [-0.3, -0.25) is 4.79 Å². The Hall–Kier alpha value is -1.85. The van der Waals surface area contributed by atoms with E-state index in [0.717, 1.165) is 5.69 Å². The van der Waals surface area contributed by atoms with E-state index in [4.69, 9.17) is 16.7 Å². The molecular formula is C15H18ClN3O2. The predicted octanol–water partition coefficient (Wildman–Crippen LogP) is 2.27. The maximum Gasteiger partial charge on any atom is 0.271 e. The lowest BCUT2D eigenvalue weighted by atomic mass is 10.1. The first-order valence-corrected chi connectivity index (χ1v) is 7.18. The molecule has 112 valence electrons. The molecule has 1 aromatic carbocycles. The number of amides is 1. The number of aliphatic hydroxyl groups excluding tert-OH is 1. The number of hydrogen-bond acceptors (Lipinski definition) is 3. The molecule has 0 aliphatic heterocycles. The number of benzene rings is 1. The van der Waals surface area contributed by atoms with Gasteiger partial charge in [-0.05, 0) is 36.6 Å². The summed E-state index contributed by atoms with van der Waals surface area (Å²) in [5.41, 5.74) is 1.15. The van der Waals surface area contributed by atoms with Crippen LogP contribution in [-0.2, 0) is 0 Å². The van der Waals surface area contributed by atoms with Crippen LogP contribution in [0.3, 0.4) is 0 Å². The molecule has 21 heavy (non-hydrogen) atoms. The molecule has 1 amide bonds. The van der Waals surface area contributed by atoms with Gasteiger partial charge in [0.2, 0.25) is 0 Å². The number of halogens is 1. The molecule has 0 fully saturated rings. The van der Waals surface area contributed by atoms with Crippen molar-refractivity contribution in [1.29, 1.82) is 0 Å². The molecule has 6 heteroatoms. The smallest absolute Gasteiger partial charge is 0.271 e.